The van der Waals surface area contributed by atoms with Gasteiger partial charge in [-0.25, -0.2) is 0 Å². The molecule has 2 aromatic rings. The van der Waals surface area contributed by atoms with E-state index in [1.54, 1.807) is 18.2 Å². The van der Waals surface area contributed by atoms with E-state index in [2.05, 4.69) is 10.6 Å². The van der Waals surface area contributed by atoms with Gasteiger partial charge in [-0.2, -0.15) is 0 Å². The van der Waals surface area contributed by atoms with Crippen LogP contribution in [0, 0.1) is 5.92 Å². The Morgan fingerprint density at radius 1 is 1.04 bits per heavy atom. The first kappa shape index (κ1) is 17.1. The second kappa shape index (κ2) is 6.76. The second-order valence-electron chi connectivity index (χ2n) is 7.24. The highest BCUT2D eigenvalue weighted by Crippen LogP contribution is 2.41. The molecule has 0 spiro atoms. The molecule has 0 aromatic heterocycles. The molecule has 2 aliphatic carbocycles. The van der Waals surface area contributed by atoms with Crippen molar-refractivity contribution in [3.05, 3.63) is 64.7 Å². The third-order valence-corrected chi connectivity index (χ3v) is 5.55. The van der Waals surface area contributed by atoms with Gasteiger partial charge in [-0.15, -0.1) is 0 Å². The summed E-state index contributed by atoms with van der Waals surface area (Å²) in [5.74, 6) is 0.0528. The molecule has 0 unspecified atom stereocenters. The van der Waals surface area contributed by atoms with E-state index in [0.717, 1.165) is 37.7 Å². The van der Waals surface area contributed by atoms with E-state index in [0.29, 0.717) is 16.3 Å². The molecule has 0 aliphatic heterocycles. The van der Waals surface area contributed by atoms with Crippen LogP contribution in [-0.2, 0) is 10.3 Å². The van der Waals surface area contributed by atoms with E-state index in [1.807, 2.05) is 30.3 Å². The lowest BCUT2D eigenvalue weighted by Crippen LogP contribution is -2.50. The lowest BCUT2D eigenvalue weighted by molar-refractivity contribution is -0.117. The van der Waals surface area contributed by atoms with Crippen LogP contribution in [0.25, 0.3) is 0 Å². The van der Waals surface area contributed by atoms with Gasteiger partial charge >= 0.3 is 0 Å². The average Bonchev–Trinajstić information content (AvgIpc) is 3.44. The molecule has 0 atom stereocenters. The highest BCUT2D eigenvalue weighted by atomic mass is 35.5. The first-order chi connectivity index (χ1) is 12.6. The van der Waals surface area contributed by atoms with Crippen molar-refractivity contribution in [2.24, 2.45) is 5.92 Å². The Bertz CT molecular complexity index is 839. The van der Waals surface area contributed by atoms with Gasteiger partial charge in [0.25, 0.3) is 5.91 Å². The molecular weight excluding hydrogens is 348 g/mol. The fourth-order valence-electron chi connectivity index (χ4n) is 3.40. The Balaban J connectivity index is 1.50. The number of carbonyl (C=O) groups excluding carboxylic acids is 2. The van der Waals surface area contributed by atoms with Gasteiger partial charge < -0.3 is 10.6 Å². The van der Waals surface area contributed by atoms with Crippen molar-refractivity contribution in [3.8, 4) is 0 Å². The van der Waals surface area contributed by atoms with Crippen LogP contribution in [-0.4, -0.2) is 11.8 Å². The second-order valence-corrected chi connectivity index (χ2v) is 7.68. The zero-order chi connectivity index (χ0) is 18.1. The highest BCUT2D eigenvalue weighted by Gasteiger charge is 2.40. The molecule has 26 heavy (non-hydrogen) atoms. The average molecular weight is 369 g/mol. The van der Waals surface area contributed by atoms with Crippen LogP contribution in [0.15, 0.2) is 48.5 Å². The van der Waals surface area contributed by atoms with E-state index in [4.69, 9.17) is 11.6 Å². The van der Waals surface area contributed by atoms with E-state index < -0.39 is 0 Å². The summed E-state index contributed by atoms with van der Waals surface area (Å²) in [4.78, 5) is 24.8. The third-order valence-electron chi connectivity index (χ3n) is 5.30. The smallest absolute Gasteiger partial charge is 0.252 e. The topological polar surface area (TPSA) is 58.2 Å². The van der Waals surface area contributed by atoms with Crippen LogP contribution in [0.5, 0.6) is 0 Å². The number of nitrogens with one attached hydrogen (secondary N) is 2. The molecule has 4 rings (SSSR count). The van der Waals surface area contributed by atoms with Crippen molar-refractivity contribution >= 4 is 29.1 Å². The van der Waals surface area contributed by atoms with E-state index in [1.165, 1.54) is 0 Å². The Kier molecular flexibility index (Phi) is 4.45. The summed E-state index contributed by atoms with van der Waals surface area (Å²) in [6.07, 6.45) is 4.82. The molecule has 0 bridgehead atoms. The lowest BCUT2D eigenvalue weighted by atomic mass is 9.71. The molecule has 4 nitrogen and oxygen atoms in total. The summed E-state index contributed by atoms with van der Waals surface area (Å²) >= 11 is 5.99. The number of carbonyl (C=O) groups is 2. The van der Waals surface area contributed by atoms with Gasteiger partial charge in [-0.05, 0) is 68.0 Å². The maximum atomic E-state index is 12.8. The maximum Gasteiger partial charge on any atom is 0.252 e. The Morgan fingerprint density at radius 3 is 2.38 bits per heavy atom. The lowest BCUT2D eigenvalue weighted by Gasteiger charge is -2.43. The number of amides is 2. The normalized spacial score (nSPS) is 17.9. The summed E-state index contributed by atoms with van der Waals surface area (Å²) in [7, 11) is 0. The molecule has 2 aromatic carbocycles. The minimum absolute atomic E-state index is 0.0409. The molecule has 0 radical (unpaired) electrons. The number of rotatable bonds is 5. The van der Waals surface area contributed by atoms with Crippen molar-refractivity contribution in [1.29, 1.82) is 0 Å². The van der Waals surface area contributed by atoms with Gasteiger partial charge in [0.05, 0.1) is 5.54 Å². The number of hydrogen-bond acceptors (Lipinski definition) is 2. The fraction of sp³-hybridized carbons (Fsp3) is 0.333. The van der Waals surface area contributed by atoms with Gasteiger partial charge in [-0.1, -0.05) is 29.8 Å². The van der Waals surface area contributed by atoms with Gasteiger partial charge in [-0.3, -0.25) is 9.59 Å². The molecule has 2 saturated carbocycles. The monoisotopic (exact) mass is 368 g/mol. The summed E-state index contributed by atoms with van der Waals surface area (Å²) in [5.41, 5.74) is 1.98. The summed E-state index contributed by atoms with van der Waals surface area (Å²) < 4.78 is 0. The minimum atomic E-state index is -0.324. The van der Waals surface area contributed by atoms with E-state index >= 15 is 0 Å². The highest BCUT2D eigenvalue weighted by molar-refractivity contribution is 6.30. The molecule has 0 saturated heterocycles. The summed E-state index contributed by atoms with van der Waals surface area (Å²) in [5, 5.41) is 6.79. The third kappa shape index (κ3) is 3.47. The Morgan fingerprint density at radius 2 is 1.77 bits per heavy atom. The number of benzene rings is 2. The van der Waals surface area contributed by atoms with Gasteiger partial charge in [0, 0.05) is 22.2 Å². The minimum Gasteiger partial charge on any atom is -0.343 e. The van der Waals surface area contributed by atoms with Crippen LogP contribution in [0.2, 0.25) is 5.02 Å². The molecule has 5 heteroatoms. The summed E-state index contributed by atoms with van der Waals surface area (Å²) in [6, 6.07) is 14.8. The maximum absolute atomic E-state index is 12.8. The first-order valence-corrected chi connectivity index (χ1v) is 9.43. The molecule has 134 valence electrons. The van der Waals surface area contributed by atoms with Gasteiger partial charge in [0.2, 0.25) is 5.91 Å². The van der Waals surface area contributed by atoms with Crippen LogP contribution >= 0.6 is 11.6 Å². The van der Waals surface area contributed by atoms with E-state index in [9.17, 15) is 9.59 Å². The zero-order valence-corrected chi connectivity index (χ0v) is 15.2. The quantitative estimate of drug-likeness (QED) is 0.816. The van der Waals surface area contributed by atoms with Crippen LogP contribution in [0.1, 0.15) is 48.0 Å². The molecular formula is C21H21ClN2O2. The largest absolute Gasteiger partial charge is 0.343 e. The predicted octanol–water partition coefficient (Wildman–Crippen LogP) is 4.50. The number of anilines is 1. The van der Waals surface area contributed by atoms with Crippen molar-refractivity contribution in [2.75, 3.05) is 5.32 Å². The molecule has 0 heterocycles. The van der Waals surface area contributed by atoms with Crippen molar-refractivity contribution < 1.29 is 9.59 Å². The standard InChI is InChI=1S/C21H21ClN2O2/c22-17-9-7-16(8-10-17)21(11-2-12-21)24-20(26)15-3-1-4-18(13-15)23-19(25)14-5-6-14/h1,3-4,7-10,13-14H,2,5-6,11-12H2,(H,23,25)(H,24,26). The Hall–Kier alpha value is -2.33. The van der Waals surface area contributed by atoms with Crippen LogP contribution < -0.4 is 10.6 Å². The molecule has 2 fully saturated rings. The predicted molar refractivity (Wildman–Crippen MR) is 102 cm³/mol. The fourth-order valence-corrected chi connectivity index (χ4v) is 3.53. The molecule has 2 N–H and O–H groups in total. The molecule has 2 aliphatic rings. The zero-order valence-electron chi connectivity index (χ0n) is 14.4. The number of halogens is 1. The van der Waals surface area contributed by atoms with Crippen LogP contribution in [0.4, 0.5) is 5.69 Å². The van der Waals surface area contributed by atoms with Crippen LogP contribution in [0.3, 0.4) is 0 Å². The Labute approximate surface area is 157 Å². The first-order valence-electron chi connectivity index (χ1n) is 9.05. The van der Waals surface area contributed by atoms with Crippen molar-refractivity contribution in [3.63, 3.8) is 0 Å². The van der Waals surface area contributed by atoms with Crippen molar-refractivity contribution in [2.45, 2.75) is 37.6 Å². The SMILES string of the molecule is O=C(NC1(c2ccc(Cl)cc2)CCC1)c1cccc(NC(=O)C2CC2)c1. The van der Waals surface area contributed by atoms with Gasteiger partial charge in [0.1, 0.15) is 0 Å². The number of hydrogen-bond donors (Lipinski definition) is 2. The van der Waals surface area contributed by atoms with Gasteiger partial charge in [0.15, 0.2) is 0 Å². The van der Waals surface area contributed by atoms with Crippen molar-refractivity contribution in [1.82, 2.24) is 5.32 Å². The summed E-state index contributed by atoms with van der Waals surface area (Å²) in [6.45, 7) is 0. The van der Waals surface area contributed by atoms with E-state index in [-0.39, 0.29) is 23.3 Å². The molecule has 2 amide bonds.